The summed E-state index contributed by atoms with van der Waals surface area (Å²) in [5.74, 6) is 0.598. The first kappa shape index (κ1) is 24.2. The van der Waals surface area contributed by atoms with Gasteiger partial charge in [0.1, 0.15) is 0 Å². The SMILES string of the molecule is CN=C(NCCn1cccc1)NCc1cccc(CN2CCCC(C(N)=O)C2)c1.I. The van der Waals surface area contributed by atoms with E-state index in [-0.39, 0.29) is 35.8 Å². The molecule has 4 N–H and O–H groups in total. The fourth-order valence-corrected chi connectivity index (χ4v) is 3.76. The van der Waals surface area contributed by atoms with Crippen molar-refractivity contribution in [1.29, 1.82) is 0 Å². The molecule has 0 spiro atoms. The van der Waals surface area contributed by atoms with Crippen LogP contribution in [0.1, 0.15) is 24.0 Å². The Morgan fingerprint density at radius 1 is 1.20 bits per heavy atom. The number of carbonyl (C=O) groups excluding carboxylic acids is 1. The van der Waals surface area contributed by atoms with E-state index in [2.05, 4.69) is 61.8 Å². The summed E-state index contributed by atoms with van der Waals surface area (Å²) in [5.41, 5.74) is 7.96. The van der Waals surface area contributed by atoms with Gasteiger partial charge in [-0.15, -0.1) is 24.0 Å². The van der Waals surface area contributed by atoms with Crippen LogP contribution in [0.4, 0.5) is 0 Å². The molecule has 1 aromatic carbocycles. The molecule has 1 amide bonds. The molecule has 2 heterocycles. The van der Waals surface area contributed by atoms with Gasteiger partial charge in [0, 0.05) is 52.2 Å². The number of carbonyl (C=O) groups is 1. The molecule has 164 valence electrons. The van der Waals surface area contributed by atoms with Crippen molar-refractivity contribution in [3.05, 3.63) is 59.9 Å². The smallest absolute Gasteiger partial charge is 0.221 e. The molecule has 2 aromatic rings. The molecule has 1 fully saturated rings. The molecule has 1 aliphatic rings. The lowest BCUT2D eigenvalue weighted by atomic mass is 9.97. The normalized spacial score (nSPS) is 17.2. The van der Waals surface area contributed by atoms with Crippen LogP contribution in [0.3, 0.4) is 0 Å². The summed E-state index contributed by atoms with van der Waals surface area (Å²) in [5, 5.41) is 6.71. The fraction of sp³-hybridized carbons (Fsp3) is 0.455. The molecule has 1 atom stereocenters. The molecule has 8 heteroatoms. The first-order valence-electron chi connectivity index (χ1n) is 10.3. The van der Waals surface area contributed by atoms with Crippen LogP contribution >= 0.6 is 24.0 Å². The van der Waals surface area contributed by atoms with Gasteiger partial charge < -0.3 is 20.9 Å². The Hall–Kier alpha value is -2.07. The van der Waals surface area contributed by atoms with Crippen LogP contribution in [0, 0.1) is 5.92 Å². The number of aromatic nitrogens is 1. The highest BCUT2D eigenvalue weighted by molar-refractivity contribution is 14.0. The van der Waals surface area contributed by atoms with Crippen molar-refractivity contribution in [2.24, 2.45) is 16.6 Å². The Labute approximate surface area is 196 Å². The summed E-state index contributed by atoms with van der Waals surface area (Å²) in [6.45, 7) is 5.04. The number of nitrogens with two attached hydrogens (primary N) is 1. The highest BCUT2D eigenvalue weighted by Gasteiger charge is 2.23. The average molecular weight is 524 g/mol. The third-order valence-electron chi connectivity index (χ3n) is 5.32. The summed E-state index contributed by atoms with van der Waals surface area (Å²) >= 11 is 0. The van der Waals surface area contributed by atoms with Gasteiger partial charge in [-0.2, -0.15) is 0 Å². The van der Waals surface area contributed by atoms with Gasteiger partial charge >= 0.3 is 0 Å². The second-order valence-electron chi connectivity index (χ2n) is 7.57. The van der Waals surface area contributed by atoms with E-state index in [0.717, 1.165) is 51.5 Å². The van der Waals surface area contributed by atoms with Crippen molar-refractivity contribution < 1.29 is 4.79 Å². The zero-order valence-electron chi connectivity index (χ0n) is 17.6. The first-order chi connectivity index (χ1) is 14.1. The number of rotatable bonds is 8. The van der Waals surface area contributed by atoms with E-state index in [4.69, 9.17) is 5.73 Å². The molecular formula is C22H33IN6O. The van der Waals surface area contributed by atoms with Gasteiger partial charge in [0.05, 0.1) is 5.92 Å². The number of benzene rings is 1. The lowest BCUT2D eigenvalue weighted by Gasteiger charge is -2.31. The maximum Gasteiger partial charge on any atom is 0.221 e. The predicted molar refractivity (Wildman–Crippen MR) is 132 cm³/mol. The van der Waals surface area contributed by atoms with Crippen LogP contribution in [-0.4, -0.2) is 48.0 Å². The number of hydrogen-bond donors (Lipinski definition) is 3. The fourth-order valence-electron chi connectivity index (χ4n) is 3.76. The maximum atomic E-state index is 11.5. The van der Waals surface area contributed by atoms with Gasteiger partial charge in [-0.25, -0.2) is 0 Å². The highest BCUT2D eigenvalue weighted by atomic mass is 127. The minimum atomic E-state index is -0.177. The summed E-state index contributed by atoms with van der Waals surface area (Å²) in [6.07, 6.45) is 6.04. The Morgan fingerprint density at radius 3 is 2.70 bits per heavy atom. The number of nitrogens with one attached hydrogen (secondary N) is 2. The molecule has 0 saturated carbocycles. The van der Waals surface area contributed by atoms with E-state index in [9.17, 15) is 4.79 Å². The molecule has 0 radical (unpaired) electrons. The zero-order chi connectivity index (χ0) is 20.5. The first-order valence-corrected chi connectivity index (χ1v) is 10.3. The number of primary amides is 1. The topological polar surface area (TPSA) is 87.7 Å². The molecule has 1 aromatic heterocycles. The Kier molecular flexibility index (Phi) is 10.2. The Bertz CT molecular complexity index is 808. The second-order valence-corrected chi connectivity index (χ2v) is 7.57. The van der Waals surface area contributed by atoms with Crippen LogP contribution in [0.25, 0.3) is 0 Å². The molecular weight excluding hydrogens is 491 g/mol. The van der Waals surface area contributed by atoms with Crippen molar-refractivity contribution >= 4 is 35.8 Å². The lowest BCUT2D eigenvalue weighted by Crippen LogP contribution is -2.40. The van der Waals surface area contributed by atoms with Crippen molar-refractivity contribution in [3.8, 4) is 0 Å². The molecule has 30 heavy (non-hydrogen) atoms. The number of amides is 1. The number of guanidine groups is 1. The largest absolute Gasteiger partial charge is 0.369 e. The minimum absolute atomic E-state index is 0. The van der Waals surface area contributed by atoms with Crippen LogP contribution in [-0.2, 0) is 24.4 Å². The van der Waals surface area contributed by atoms with Crippen molar-refractivity contribution in [3.63, 3.8) is 0 Å². The van der Waals surface area contributed by atoms with Crippen molar-refractivity contribution in [2.45, 2.75) is 32.5 Å². The molecule has 1 aliphatic heterocycles. The molecule has 0 aliphatic carbocycles. The van der Waals surface area contributed by atoms with E-state index >= 15 is 0 Å². The molecule has 3 rings (SSSR count). The number of hydrogen-bond acceptors (Lipinski definition) is 3. The molecule has 1 unspecified atom stereocenters. The summed E-state index contributed by atoms with van der Waals surface area (Å²) < 4.78 is 2.13. The van der Waals surface area contributed by atoms with E-state index in [0.29, 0.717) is 6.54 Å². The zero-order valence-corrected chi connectivity index (χ0v) is 19.9. The molecule has 1 saturated heterocycles. The van der Waals surface area contributed by atoms with Crippen LogP contribution in [0.15, 0.2) is 53.8 Å². The number of piperidine rings is 1. The van der Waals surface area contributed by atoms with Gasteiger partial charge in [-0.1, -0.05) is 24.3 Å². The quantitative estimate of drug-likeness (QED) is 0.281. The number of nitrogens with zero attached hydrogens (tertiary/aromatic N) is 3. The standard InChI is InChI=1S/C22H32N6O.HI/c1-24-22(25-9-13-27-10-2-3-11-27)26-15-18-6-4-7-19(14-18)16-28-12-5-8-20(17-28)21(23)29;/h2-4,6-7,10-11,14,20H,5,8-9,12-13,15-17H2,1H3,(H2,23,29)(H2,24,25,26);1H. The van der Waals surface area contributed by atoms with Gasteiger partial charge in [0.25, 0.3) is 0 Å². The summed E-state index contributed by atoms with van der Waals surface area (Å²) in [7, 11) is 1.78. The van der Waals surface area contributed by atoms with E-state index < -0.39 is 0 Å². The number of aliphatic imine (C=N–C) groups is 1. The monoisotopic (exact) mass is 524 g/mol. The average Bonchev–Trinajstić information content (AvgIpc) is 3.24. The van der Waals surface area contributed by atoms with Gasteiger partial charge in [0.2, 0.25) is 5.91 Å². The van der Waals surface area contributed by atoms with E-state index in [1.807, 2.05) is 12.1 Å². The van der Waals surface area contributed by atoms with Crippen LogP contribution in [0.5, 0.6) is 0 Å². The van der Waals surface area contributed by atoms with Gasteiger partial charge in [-0.3, -0.25) is 14.7 Å². The Balaban J connectivity index is 0.00000320. The van der Waals surface area contributed by atoms with Crippen LogP contribution in [0.2, 0.25) is 0 Å². The van der Waals surface area contributed by atoms with Crippen LogP contribution < -0.4 is 16.4 Å². The summed E-state index contributed by atoms with van der Waals surface area (Å²) in [4.78, 5) is 18.1. The lowest BCUT2D eigenvalue weighted by molar-refractivity contribution is -0.123. The predicted octanol–water partition coefficient (Wildman–Crippen LogP) is 2.17. The third-order valence-corrected chi connectivity index (χ3v) is 5.32. The second kappa shape index (κ2) is 12.6. The minimum Gasteiger partial charge on any atom is -0.369 e. The maximum absolute atomic E-state index is 11.5. The number of halogens is 1. The third kappa shape index (κ3) is 7.64. The Morgan fingerprint density at radius 2 is 1.97 bits per heavy atom. The summed E-state index contributed by atoms with van der Waals surface area (Å²) in [6, 6.07) is 12.6. The van der Waals surface area contributed by atoms with Gasteiger partial charge in [-0.05, 0) is 42.6 Å². The van der Waals surface area contributed by atoms with Crippen molar-refractivity contribution in [2.75, 3.05) is 26.7 Å². The molecule has 7 nitrogen and oxygen atoms in total. The van der Waals surface area contributed by atoms with Crippen molar-refractivity contribution in [1.82, 2.24) is 20.1 Å². The number of likely N-dealkylation sites (tertiary alicyclic amines) is 1. The van der Waals surface area contributed by atoms with E-state index in [1.54, 1.807) is 7.05 Å². The van der Waals surface area contributed by atoms with Gasteiger partial charge in [0.15, 0.2) is 5.96 Å². The highest BCUT2D eigenvalue weighted by Crippen LogP contribution is 2.18. The van der Waals surface area contributed by atoms with E-state index in [1.165, 1.54) is 11.1 Å². The molecule has 0 bridgehead atoms.